The van der Waals surface area contributed by atoms with Gasteiger partial charge < -0.3 is 4.42 Å². The Morgan fingerprint density at radius 2 is 2.25 bits per heavy atom. The van der Waals surface area contributed by atoms with Crippen LogP contribution in [0.4, 0.5) is 0 Å². The summed E-state index contributed by atoms with van der Waals surface area (Å²) in [6.45, 7) is 1.73. The molecule has 0 radical (unpaired) electrons. The number of rotatable bonds is 3. The highest BCUT2D eigenvalue weighted by atomic mass is 32.2. The molecule has 2 aromatic heterocycles. The van der Waals surface area contributed by atoms with Crippen LogP contribution in [0.2, 0.25) is 0 Å². The molecule has 0 amide bonds. The summed E-state index contributed by atoms with van der Waals surface area (Å²) >= 11 is 1.51. The van der Waals surface area contributed by atoms with Crippen LogP contribution < -0.4 is 0 Å². The minimum Gasteiger partial charge on any atom is -0.440 e. The second kappa shape index (κ2) is 4.03. The minimum absolute atomic E-state index is 0.0757. The van der Waals surface area contributed by atoms with Gasteiger partial charge >= 0.3 is 0 Å². The summed E-state index contributed by atoms with van der Waals surface area (Å²) in [5.74, 6) is 0.980. The standard InChI is InChI=1S/C10H11NO3S2/c1-7-8(6-16(2,12)13)11-10(14-7)9-4-3-5-15-9/h3-5H,6H2,1-2H3. The Bertz CT molecular complexity index is 582. The van der Waals surface area contributed by atoms with Crippen molar-refractivity contribution in [3.63, 3.8) is 0 Å². The summed E-state index contributed by atoms with van der Waals surface area (Å²) in [4.78, 5) is 5.11. The zero-order valence-electron chi connectivity index (χ0n) is 8.93. The van der Waals surface area contributed by atoms with Gasteiger partial charge in [0.05, 0.1) is 16.3 Å². The van der Waals surface area contributed by atoms with Gasteiger partial charge in [-0.15, -0.1) is 11.3 Å². The van der Waals surface area contributed by atoms with Crippen LogP contribution in [0.15, 0.2) is 21.9 Å². The molecule has 0 unspecified atom stereocenters. The fraction of sp³-hybridized carbons (Fsp3) is 0.300. The highest BCUT2D eigenvalue weighted by Crippen LogP contribution is 2.26. The first-order chi connectivity index (χ1) is 7.46. The molecule has 6 heteroatoms. The first-order valence-electron chi connectivity index (χ1n) is 4.63. The van der Waals surface area contributed by atoms with E-state index < -0.39 is 9.84 Å². The molecule has 2 aromatic rings. The van der Waals surface area contributed by atoms with Crippen molar-refractivity contribution >= 4 is 21.2 Å². The maximum atomic E-state index is 11.2. The van der Waals surface area contributed by atoms with Crippen LogP contribution in [0.3, 0.4) is 0 Å². The van der Waals surface area contributed by atoms with Gasteiger partial charge in [0.2, 0.25) is 5.89 Å². The summed E-state index contributed by atoms with van der Waals surface area (Å²) < 4.78 is 27.8. The van der Waals surface area contributed by atoms with Crippen LogP contribution in [-0.2, 0) is 15.6 Å². The molecule has 0 aromatic carbocycles. The number of aromatic nitrogens is 1. The summed E-state index contributed by atoms with van der Waals surface area (Å²) in [6, 6.07) is 3.79. The summed E-state index contributed by atoms with van der Waals surface area (Å²) in [6.07, 6.45) is 1.19. The zero-order chi connectivity index (χ0) is 11.8. The highest BCUT2D eigenvalue weighted by Gasteiger charge is 2.15. The number of sulfone groups is 1. The summed E-state index contributed by atoms with van der Waals surface area (Å²) in [5.41, 5.74) is 0.492. The van der Waals surface area contributed by atoms with Crippen LogP contribution in [0.5, 0.6) is 0 Å². The lowest BCUT2D eigenvalue weighted by atomic mass is 10.4. The van der Waals surface area contributed by atoms with E-state index >= 15 is 0 Å². The third-order valence-electron chi connectivity index (χ3n) is 2.02. The van der Waals surface area contributed by atoms with E-state index in [1.165, 1.54) is 17.6 Å². The van der Waals surface area contributed by atoms with Crippen molar-refractivity contribution in [1.29, 1.82) is 0 Å². The molecule has 0 saturated carbocycles. The molecule has 86 valence electrons. The third-order valence-corrected chi connectivity index (χ3v) is 3.68. The molecule has 16 heavy (non-hydrogen) atoms. The van der Waals surface area contributed by atoms with Crippen LogP contribution >= 0.6 is 11.3 Å². The van der Waals surface area contributed by atoms with E-state index in [0.717, 1.165) is 4.88 Å². The van der Waals surface area contributed by atoms with Crippen molar-refractivity contribution in [3.8, 4) is 10.8 Å². The molecule has 0 aliphatic carbocycles. The van der Waals surface area contributed by atoms with Gasteiger partial charge in [0.15, 0.2) is 9.84 Å². The Hall–Kier alpha value is -1.14. The predicted octanol–water partition coefficient (Wildman–Crippen LogP) is 2.26. The molecular weight excluding hydrogens is 246 g/mol. The molecule has 0 aliphatic heterocycles. The van der Waals surface area contributed by atoms with E-state index in [1.54, 1.807) is 6.92 Å². The van der Waals surface area contributed by atoms with Crippen molar-refractivity contribution in [2.45, 2.75) is 12.7 Å². The van der Waals surface area contributed by atoms with E-state index in [-0.39, 0.29) is 5.75 Å². The van der Waals surface area contributed by atoms with Crippen molar-refractivity contribution in [1.82, 2.24) is 4.98 Å². The Balaban J connectivity index is 2.36. The number of hydrogen-bond donors (Lipinski definition) is 0. The average Bonchev–Trinajstić information content (AvgIpc) is 2.73. The largest absolute Gasteiger partial charge is 0.440 e. The lowest BCUT2D eigenvalue weighted by molar-refractivity contribution is 0.541. The topological polar surface area (TPSA) is 60.2 Å². The highest BCUT2D eigenvalue weighted by molar-refractivity contribution is 7.89. The van der Waals surface area contributed by atoms with Crippen molar-refractivity contribution in [2.75, 3.05) is 6.26 Å². The first kappa shape index (κ1) is 11.3. The predicted molar refractivity (Wildman–Crippen MR) is 63.1 cm³/mol. The first-order valence-corrected chi connectivity index (χ1v) is 7.57. The average molecular weight is 257 g/mol. The van der Waals surface area contributed by atoms with E-state index in [0.29, 0.717) is 17.3 Å². The third kappa shape index (κ3) is 2.51. The summed E-state index contributed by atoms with van der Waals surface area (Å²) in [7, 11) is -3.07. The Kier molecular flexibility index (Phi) is 2.86. The second-order valence-corrected chi connectivity index (χ2v) is 6.66. The van der Waals surface area contributed by atoms with Crippen LogP contribution in [-0.4, -0.2) is 19.7 Å². The van der Waals surface area contributed by atoms with Gasteiger partial charge in [-0.25, -0.2) is 13.4 Å². The number of nitrogens with zero attached hydrogens (tertiary/aromatic N) is 1. The second-order valence-electron chi connectivity index (χ2n) is 3.57. The molecule has 0 saturated heterocycles. The molecule has 0 N–H and O–H groups in total. The van der Waals surface area contributed by atoms with Crippen LogP contribution in [0.1, 0.15) is 11.5 Å². The van der Waals surface area contributed by atoms with E-state index in [9.17, 15) is 8.42 Å². The van der Waals surface area contributed by atoms with Crippen molar-refractivity contribution < 1.29 is 12.8 Å². The number of oxazole rings is 1. The lowest BCUT2D eigenvalue weighted by Crippen LogP contribution is -2.02. The SMILES string of the molecule is Cc1oc(-c2cccs2)nc1CS(C)(=O)=O. The maximum absolute atomic E-state index is 11.2. The van der Waals surface area contributed by atoms with Gasteiger partial charge in [-0.2, -0.15) is 0 Å². The molecule has 2 rings (SSSR count). The van der Waals surface area contributed by atoms with E-state index in [1.807, 2.05) is 17.5 Å². The Labute approximate surface area is 97.9 Å². The van der Waals surface area contributed by atoms with Crippen LogP contribution in [0.25, 0.3) is 10.8 Å². The van der Waals surface area contributed by atoms with Gasteiger partial charge in [0, 0.05) is 6.26 Å². The summed E-state index contributed by atoms with van der Waals surface area (Å²) in [5, 5.41) is 1.92. The molecular formula is C10H11NO3S2. The molecule has 0 fully saturated rings. The number of hydrogen-bond acceptors (Lipinski definition) is 5. The number of aryl methyl sites for hydroxylation is 1. The Morgan fingerprint density at radius 3 is 2.81 bits per heavy atom. The zero-order valence-corrected chi connectivity index (χ0v) is 10.6. The van der Waals surface area contributed by atoms with Gasteiger partial charge in [0.1, 0.15) is 5.76 Å². The molecule has 0 atom stereocenters. The molecule has 0 spiro atoms. The smallest absolute Gasteiger partial charge is 0.236 e. The fourth-order valence-corrected chi connectivity index (χ4v) is 2.73. The quantitative estimate of drug-likeness (QED) is 0.846. The van der Waals surface area contributed by atoms with E-state index in [2.05, 4.69) is 4.98 Å². The number of thiophene rings is 1. The molecule has 0 bridgehead atoms. The van der Waals surface area contributed by atoms with Gasteiger partial charge in [0.25, 0.3) is 0 Å². The molecule has 4 nitrogen and oxygen atoms in total. The van der Waals surface area contributed by atoms with Gasteiger partial charge in [-0.05, 0) is 18.4 Å². The van der Waals surface area contributed by atoms with E-state index in [4.69, 9.17) is 4.42 Å². The molecule has 2 heterocycles. The maximum Gasteiger partial charge on any atom is 0.236 e. The molecule has 0 aliphatic rings. The van der Waals surface area contributed by atoms with Crippen molar-refractivity contribution in [3.05, 3.63) is 29.0 Å². The normalized spacial score (nSPS) is 11.9. The fourth-order valence-electron chi connectivity index (χ4n) is 1.32. The monoisotopic (exact) mass is 257 g/mol. The lowest BCUT2D eigenvalue weighted by Gasteiger charge is -1.92. The van der Waals surface area contributed by atoms with Crippen molar-refractivity contribution in [2.24, 2.45) is 0 Å². The van der Waals surface area contributed by atoms with Gasteiger partial charge in [-0.3, -0.25) is 0 Å². The van der Waals surface area contributed by atoms with Gasteiger partial charge in [-0.1, -0.05) is 6.07 Å². The minimum atomic E-state index is -3.07. The Morgan fingerprint density at radius 1 is 1.50 bits per heavy atom. The van der Waals surface area contributed by atoms with Crippen LogP contribution in [0, 0.1) is 6.92 Å².